The van der Waals surface area contributed by atoms with Crippen molar-refractivity contribution in [3.63, 3.8) is 0 Å². The van der Waals surface area contributed by atoms with Crippen molar-refractivity contribution >= 4 is 33.2 Å². The minimum atomic E-state index is -3.30. The quantitative estimate of drug-likeness (QED) is 0.690. The first-order valence-electron chi connectivity index (χ1n) is 7.42. The van der Waals surface area contributed by atoms with Crippen molar-refractivity contribution in [1.29, 1.82) is 0 Å². The molecule has 0 saturated carbocycles. The maximum atomic E-state index is 11.9. The molecule has 0 heterocycles. The van der Waals surface area contributed by atoms with Crippen molar-refractivity contribution < 1.29 is 13.2 Å². The Hall–Kier alpha value is -1.27. The van der Waals surface area contributed by atoms with Crippen LogP contribution in [0.15, 0.2) is 48.5 Å². The fraction of sp³-hybridized carbons (Fsp3) is 0.294. The zero-order chi connectivity index (χ0) is 17.6. The second-order valence-corrected chi connectivity index (χ2v) is 8.21. The maximum absolute atomic E-state index is 11.9. The second-order valence-electron chi connectivity index (χ2n) is 5.35. The molecule has 2 rings (SSSR count). The molecule has 0 atom stereocenters. The Morgan fingerprint density at radius 1 is 1.00 bits per heavy atom. The fourth-order valence-corrected chi connectivity index (χ4v) is 3.55. The molecule has 0 bridgehead atoms. The summed E-state index contributed by atoms with van der Waals surface area (Å²) in [5.41, 5.74) is 1.09. The van der Waals surface area contributed by atoms with Gasteiger partial charge in [0.2, 0.25) is 10.0 Å². The van der Waals surface area contributed by atoms with E-state index in [1.807, 2.05) is 30.3 Å². The van der Waals surface area contributed by atoms with Crippen LogP contribution in [-0.4, -0.2) is 38.7 Å². The van der Waals surface area contributed by atoms with Crippen LogP contribution in [0, 0.1) is 0 Å². The normalized spacial score (nSPS) is 11.7. The van der Waals surface area contributed by atoms with Gasteiger partial charge >= 0.3 is 0 Å². The summed E-state index contributed by atoms with van der Waals surface area (Å²) in [7, 11) is -3.30. The highest BCUT2D eigenvalue weighted by molar-refractivity contribution is 7.88. The highest BCUT2D eigenvalue weighted by Crippen LogP contribution is 2.24. The van der Waals surface area contributed by atoms with Crippen LogP contribution in [0.5, 0.6) is 5.75 Å². The van der Waals surface area contributed by atoms with Crippen LogP contribution >= 0.6 is 23.2 Å². The van der Waals surface area contributed by atoms with E-state index in [0.29, 0.717) is 28.8 Å². The average molecular weight is 388 g/mol. The van der Waals surface area contributed by atoms with Gasteiger partial charge in [-0.25, -0.2) is 8.42 Å². The number of sulfonamides is 1. The van der Waals surface area contributed by atoms with Gasteiger partial charge in [-0.15, -0.1) is 0 Å². The highest BCUT2D eigenvalue weighted by atomic mass is 35.5. The molecule has 2 aromatic rings. The van der Waals surface area contributed by atoms with Gasteiger partial charge in [0.1, 0.15) is 12.4 Å². The molecule has 130 valence electrons. The Morgan fingerprint density at radius 2 is 1.62 bits per heavy atom. The Balaban J connectivity index is 1.92. The Morgan fingerprint density at radius 3 is 2.21 bits per heavy atom. The van der Waals surface area contributed by atoms with Crippen LogP contribution in [0.25, 0.3) is 0 Å². The van der Waals surface area contributed by atoms with Gasteiger partial charge in [-0.2, -0.15) is 4.31 Å². The SMILES string of the molecule is CS(=O)(=O)N(CCOc1cc(Cl)cc(Cl)c1)CCc1ccccc1. The first-order valence-corrected chi connectivity index (χ1v) is 10.0. The van der Waals surface area contributed by atoms with Gasteiger partial charge in [0.25, 0.3) is 0 Å². The lowest BCUT2D eigenvalue weighted by Crippen LogP contribution is -2.35. The van der Waals surface area contributed by atoms with E-state index in [-0.39, 0.29) is 13.2 Å². The van der Waals surface area contributed by atoms with Crippen molar-refractivity contribution in [2.45, 2.75) is 6.42 Å². The van der Waals surface area contributed by atoms with Crippen LogP contribution in [0.3, 0.4) is 0 Å². The molecule has 0 saturated heterocycles. The number of rotatable bonds is 8. The molecule has 2 aromatic carbocycles. The molecule has 0 fully saturated rings. The van der Waals surface area contributed by atoms with Crippen LogP contribution in [-0.2, 0) is 16.4 Å². The largest absolute Gasteiger partial charge is 0.492 e. The standard InChI is InChI=1S/C17H19Cl2NO3S/c1-24(21,22)20(8-7-14-5-3-2-4-6-14)9-10-23-17-12-15(18)11-16(19)13-17/h2-6,11-13H,7-10H2,1H3. The number of ether oxygens (including phenoxy) is 1. The number of hydrogen-bond acceptors (Lipinski definition) is 3. The molecule has 24 heavy (non-hydrogen) atoms. The van der Waals surface area contributed by atoms with Crippen molar-refractivity contribution in [3.05, 3.63) is 64.1 Å². The zero-order valence-electron chi connectivity index (χ0n) is 13.3. The van der Waals surface area contributed by atoms with E-state index in [1.54, 1.807) is 18.2 Å². The van der Waals surface area contributed by atoms with Gasteiger partial charge in [0, 0.05) is 23.1 Å². The summed E-state index contributed by atoms with van der Waals surface area (Å²) in [6.07, 6.45) is 1.85. The number of hydrogen-bond donors (Lipinski definition) is 0. The smallest absolute Gasteiger partial charge is 0.211 e. The lowest BCUT2D eigenvalue weighted by atomic mass is 10.1. The predicted molar refractivity (Wildman–Crippen MR) is 98.5 cm³/mol. The predicted octanol–water partition coefficient (Wildman–Crippen LogP) is 3.88. The Bertz CT molecular complexity index is 746. The molecular weight excluding hydrogens is 369 g/mol. The molecule has 0 aliphatic heterocycles. The monoisotopic (exact) mass is 387 g/mol. The third kappa shape index (κ3) is 6.32. The van der Waals surface area contributed by atoms with Crippen molar-refractivity contribution in [2.24, 2.45) is 0 Å². The number of benzene rings is 2. The van der Waals surface area contributed by atoms with Gasteiger partial charge in [-0.05, 0) is 30.2 Å². The van der Waals surface area contributed by atoms with E-state index in [0.717, 1.165) is 5.56 Å². The Kier molecular flexibility index (Phi) is 6.92. The van der Waals surface area contributed by atoms with Crippen LogP contribution in [0.2, 0.25) is 10.0 Å². The minimum Gasteiger partial charge on any atom is -0.492 e. The summed E-state index contributed by atoms with van der Waals surface area (Å²) in [5, 5.41) is 0.947. The molecule has 0 aliphatic carbocycles. The van der Waals surface area contributed by atoms with Crippen LogP contribution in [0.4, 0.5) is 0 Å². The van der Waals surface area contributed by atoms with E-state index in [1.165, 1.54) is 10.6 Å². The van der Waals surface area contributed by atoms with Gasteiger partial charge in [0.05, 0.1) is 6.26 Å². The van der Waals surface area contributed by atoms with Crippen molar-refractivity contribution in [2.75, 3.05) is 26.0 Å². The molecular formula is C17H19Cl2NO3S. The van der Waals surface area contributed by atoms with Gasteiger partial charge in [-0.1, -0.05) is 53.5 Å². The second kappa shape index (κ2) is 8.72. The maximum Gasteiger partial charge on any atom is 0.211 e. The van der Waals surface area contributed by atoms with E-state index in [4.69, 9.17) is 27.9 Å². The summed E-state index contributed by atoms with van der Waals surface area (Å²) in [5.74, 6) is 0.518. The summed E-state index contributed by atoms with van der Waals surface area (Å²) in [6, 6.07) is 14.7. The summed E-state index contributed by atoms with van der Waals surface area (Å²) < 4.78 is 30.8. The number of nitrogens with zero attached hydrogens (tertiary/aromatic N) is 1. The third-order valence-corrected chi connectivity index (χ3v) is 5.15. The highest BCUT2D eigenvalue weighted by Gasteiger charge is 2.16. The van der Waals surface area contributed by atoms with E-state index >= 15 is 0 Å². The molecule has 0 N–H and O–H groups in total. The van der Waals surface area contributed by atoms with Crippen LogP contribution < -0.4 is 4.74 Å². The third-order valence-electron chi connectivity index (χ3n) is 3.41. The summed E-state index contributed by atoms with van der Waals surface area (Å²) in [4.78, 5) is 0. The van der Waals surface area contributed by atoms with Gasteiger partial charge in [-0.3, -0.25) is 0 Å². The summed E-state index contributed by atoms with van der Waals surface area (Å²) in [6.45, 7) is 0.886. The molecule has 0 spiro atoms. The molecule has 0 aromatic heterocycles. The topological polar surface area (TPSA) is 46.6 Å². The van der Waals surface area contributed by atoms with E-state index < -0.39 is 10.0 Å². The average Bonchev–Trinajstić information content (AvgIpc) is 2.49. The van der Waals surface area contributed by atoms with E-state index in [2.05, 4.69) is 0 Å². The van der Waals surface area contributed by atoms with Crippen molar-refractivity contribution in [1.82, 2.24) is 4.31 Å². The summed E-state index contributed by atoms with van der Waals surface area (Å²) >= 11 is 11.8. The van der Waals surface area contributed by atoms with Crippen LogP contribution in [0.1, 0.15) is 5.56 Å². The first-order chi connectivity index (χ1) is 11.3. The lowest BCUT2D eigenvalue weighted by molar-refractivity contribution is 0.274. The molecule has 4 nitrogen and oxygen atoms in total. The van der Waals surface area contributed by atoms with E-state index in [9.17, 15) is 8.42 Å². The van der Waals surface area contributed by atoms with Crippen molar-refractivity contribution in [3.8, 4) is 5.75 Å². The molecule has 0 amide bonds. The first kappa shape index (κ1) is 19.1. The molecule has 0 radical (unpaired) electrons. The van der Waals surface area contributed by atoms with Gasteiger partial charge < -0.3 is 4.74 Å². The zero-order valence-corrected chi connectivity index (χ0v) is 15.6. The number of halogens is 2. The minimum absolute atomic E-state index is 0.221. The molecule has 0 aliphatic rings. The molecule has 7 heteroatoms. The fourth-order valence-electron chi connectivity index (χ4n) is 2.22. The lowest BCUT2D eigenvalue weighted by Gasteiger charge is -2.20. The van der Waals surface area contributed by atoms with Gasteiger partial charge in [0.15, 0.2) is 0 Å². The molecule has 0 unspecified atom stereocenters. The Labute approximate surface area is 153 Å².